The average Bonchev–Trinajstić information content (AvgIpc) is 3.76. The summed E-state index contributed by atoms with van der Waals surface area (Å²) >= 11 is 0. The van der Waals surface area contributed by atoms with Gasteiger partial charge in [0.05, 0.1) is 39.6 Å². The van der Waals surface area contributed by atoms with E-state index in [0.717, 1.165) is 42.6 Å². The third-order valence-electron chi connectivity index (χ3n) is 14.2. The van der Waals surface area contributed by atoms with Gasteiger partial charge < -0.3 is 14.9 Å². The molecule has 0 radical (unpaired) electrons. The van der Waals surface area contributed by atoms with E-state index in [1.54, 1.807) is 0 Å². The van der Waals surface area contributed by atoms with E-state index in [0.29, 0.717) is 0 Å². The van der Waals surface area contributed by atoms with Crippen molar-refractivity contribution >= 4 is 49.3 Å². The molecule has 0 aliphatic heterocycles. The zero-order valence-electron chi connectivity index (χ0n) is 35.7. The highest BCUT2D eigenvalue weighted by Gasteiger charge is 2.33. The highest BCUT2D eigenvalue weighted by molar-refractivity contribution is 6.17. The molecule has 4 nitrogen and oxygen atoms in total. The third-order valence-corrected chi connectivity index (χ3v) is 14.2. The van der Waals surface area contributed by atoms with Gasteiger partial charge in [0.25, 0.3) is 0 Å². The second-order valence-electron chi connectivity index (χ2n) is 17.5. The maximum atomic E-state index is 6.61. The number of nitrogens with zero attached hydrogens (tertiary/aromatic N) is 3. The molecule has 0 amide bonds. The largest absolute Gasteiger partial charge is 0.403 e. The molecular formula is C56H50N4. The minimum absolute atomic E-state index is 0.971. The van der Waals surface area contributed by atoms with Gasteiger partial charge in [-0.3, -0.25) is 4.98 Å². The van der Waals surface area contributed by atoms with E-state index in [4.69, 9.17) is 5.73 Å². The smallest absolute Gasteiger partial charge is 0.0674 e. The predicted molar refractivity (Wildman–Crippen MR) is 254 cm³/mol. The van der Waals surface area contributed by atoms with Gasteiger partial charge in [-0.2, -0.15) is 0 Å². The predicted octanol–water partition coefficient (Wildman–Crippen LogP) is 13.8. The van der Waals surface area contributed by atoms with Gasteiger partial charge in [0.15, 0.2) is 0 Å². The Kier molecular flexibility index (Phi) is 8.16. The summed E-state index contributed by atoms with van der Waals surface area (Å²) in [6.45, 7) is 15.3. The SMILES string of the molecule is C/C=C(C)\C(=C/N)n1c2ccc(-c3ccc(C)c(C)c3)cc2c2cc3c4c(c21)CCc1cc2c5cc(-c6ccc(C)c(C)c6)ccc5n(-c5cnccc5C)c2c(c1-4)CC3. The van der Waals surface area contributed by atoms with Gasteiger partial charge in [-0.25, -0.2) is 0 Å². The summed E-state index contributed by atoms with van der Waals surface area (Å²) in [5.41, 5.74) is 35.2. The van der Waals surface area contributed by atoms with Crippen LogP contribution in [-0.4, -0.2) is 14.1 Å². The molecule has 0 atom stereocenters. The summed E-state index contributed by atoms with van der Waals surface area (Å²) < 4.78 is 5.00. The quantitative estimate of drug-likeness (QED) is 0.177. The van der Waals surface area contributed by atoms with Gasteiger partial charge >= 0.3 is 0 Å². The molecule has 0 unspecified atom stereocenters. The molecule has 0 saturated heterocycles. The lowest BCUT2D eigenvalue weighted by molar-refractivity contribution is 0.883. The Hall–Kier alpha value is -6.65. The van der Waals surface area contributed by atoms with Crippen LogP contribution in [0.5, 0.6) is 0 Å². The minimum atomic E-state index is 0.971. The number of allylic oxidation sites excluding steroid dienone is 3. The first-order valence-corrected chi connectivity index (χ1v) is 21.5. The average molecular weight is 779 g/mol. The number of nitrogens with two attached hydrogens (primary N) is 1. The molecule has 3 heterocycles. The van der Waals surface area contributed by atoms with Crippen LogP contribution in [0.2, 0.25) is 0 Å². The molecule has 6 aromatic carbocycles. The van der Waals surface area contributed by atoms with E-state index in [2.05, 4.69) is 166 Å². The number of hydrogen-bond donors (Lipinski definition) is 1. The Balaban J connectivity index is 1.22. The van der Waals surface area contributed by atoms with Gasteiger partial charge in [0, 0.05) is 33.9 Å². The molecule has 2 N–H and O–H groups in total. The minimum Gasteiger partial charge on any atom is -0.403 e. The van der Waals surface area contributed by atoms with Crippen molar-refractivity contribution in [1.29, 1.82) is 0 Å². The number of aryl methyl sites for hydroxylation is 9. The Bertz CT molecular complexity index is 3400. The van der Waals surface area contributed by atoms with Crippen LogP contribution in [0.1, 0.15) is 63.9 Å². The van der Waals surface area contributed by atoms with Crippen LogP contribution >= 0.6 is 0 Å². The van der Waals surface area contributed by atoms with E-state index in [9.17, 15) is 0 Å². The first-order chi connectivity index (χ1) is 29.1. The molecule has 0 bridgehead atoms. The van der Waals surface area contributed by atoms with E-state index < -0.39 is 0 Å². The molecule has 0 fully saturated rings. The lowest BCUT2D eigenvalue weighted by atomic mass is 9.74. The number of benzene rings is 6. The molecule has 4 heteroatoms. The van der Waals surface area contributed by atoms with Crippen LogP contribution in [0.25, 0.3) is 88.4 Å². The zero-order chi connectivity index (χ0) is 41.1. The standard InChI is InChI=1S/C56H50N4/c1-8-31(2)51(29-57)59-49-19-15-39(37-11-9-32(3)35(6)23-37)25-45(49)47-27-41-14-18-44-54-42(13-17-43(53(41)54)55(47)59)28-48-46-26-40(38-12-10-33(4)36(7)24-38)16-20-50(46)60(56(44)48)52-30-58-22-21-34(52)5/h8-12,15-16,19-30H,13-14,17-18,57H2,1-7H3/b31-8-,51-29+. The van der Waals surface area contributed by atoms with Crippen molar-refractivity contribution in [1.82, 2.24) is 14.1 Å². The zero-order valence-corrected chi connectivity index (χ0v) is 35.7. The summed E-state index contributed by atoms with van der Waals surface area (Å²) in [5, 5.41) is 5.24. The van der Waals surface area contributed by atoms with Crippen molar-refractivity contribution in [2.45, 2.75) is 74.1 Å². The van der Waals surface area contributed by atoms with Gasteiger partial charge in [0.1, 0.15) is 0 Å². The van der Waals surface area contributed by atoms with E-state index in [-0.39, 0.29) is 0 Å². The summed E-state index contributed by atoms with van der Waals surface area (Å²) in [5.74, 6) is 0. The fraction of sp³-hybridized carbons (Fsp3) is 0.196. The molecule has 0 spiro atoms. The lowest BCUT2D eigenvalue weighted by Crippen LogP contribution is -2.16. The monoisotopic (exact) mass is 778 g/mol. The van der Waals surface area contributed by atoms with Crippen molar-refractivity contribution in [3.8, 4) is 39.1 Å². The first-order valence-electron chi connectivity index (χ1n) is 21.5. The fourth-order valence-corrected chi connectivity index (χ4v) is 10.6. The van der Waals surface area contributed by atoms with Crippen molar-refractivity contribution in [2.75, 3.05) is 0 Å². The lowest BCUT2D eigenvalue weighted by Gasteiger charge is -2.31. The molecule has 0 saturated carbocycles. The Labute approximate surface area is 352 Å². The number of rotatable bonds is 5. The van der Waals surface area contributed by atoms with Gasteiger partial charge in [-0.15, -0.1) is 0 Å². The number of aromatic nitrogens is 3. The molecule has 11 rings (SSSR count). The fourth-order valence-electron chi connectivity index (χ4n) is 10.6. The summed E-state index contributed by atoms with van der Waals surface area (Å²) in [6.07, 6.45) is 11.9. The summed E-state index contributed by atoms with van der Waals surface area (Å²) in [6, 6.07) is 35.0. The van der Waals surface area contributed by atoms with E-state index >= 15 is 0 Å². The highest BCUT2D eigenvalue weighted by atomic mass is 15.0. The molecule has 9 aromatic rings. The molecule has 294 valence electrons. The maximum absolute atomic E-state index is 6.61. The second-order valence-corrected chi connectivity index (χ2v) is 17.5. The number of pyridine rings is 1. The van der Waals surface area contributed by atoms with Crippen molar-refractivity contribution in [3.05, 3.63) is 171 Å². The molecule has 3 aromatic heterocycles. The molecule has 2 aliphatic rings. The van der Waals surface area contributed by atoms with Crippen molar-refractivity contribution in [2.24, 2.45) is 5.73 Å². The molecular weight excluding hydrogens is 729 g/mol. The normalized spacial score (nSPS) is 13.9. The van der Waals surface area contributed by atoms with E-state index in [1.165, 1.54) is 127 Å². The highest BCUT2D eigenvalue weighted by Crippen LogP contribution is 2.52. The first kappa shape index (κ1) is 36.4. The molecule has 2 aliphatic carbocycles. The van der Waals surface area contributed by atoms with E-state index in [1.807, 2.05) is 12.4 Å². The Morgan fingerprint density at radius 2 is 1.10 bits per heavy atom. The third kappa shape index (κ3) is 5.19. The van der Waals surface area contributed by atoms with Crippen molar-refractivity contribution in [3.63, 3.8) is 0 Å². The maximum Gasteiger partial charge on any atom is 0.0674 e. The van der Waals surface area contributed by atoms with Gasteiger partial charge in [-0.1, -0.05) is 54.6 Å². The van der Waals surface area contributed by atoms with Crippen LogP contribution < -0.4 is 5.73 Å². The van der Waals surface area contributed by atoms with Crippen LogP contribution in [0, 0.1) is 34.6 Å². The Morgan fingerprint density at radius 1 is 0.567 bits per heavy atom. The Morgan fingerprint density at radius 3 is 1.67 bits per heavy atom. The van der Waals surface area contributed by atoms with Gasteiger partial charge in [0.2, 0.25) is 0 Å². The van der Waals surface area contributed by atoms with Crippen molar-refractivity contribution < 1.29 is 0 Å². The second kappa shape index (κ2) is 13.4. The van der Waals surface area contributed by atoms with Crippen LogP contribution in [0.3, 0.4) is 0 Å². The van der Waals surface area contributed by atoms with Crippen LogP contribution in [0.15, 0.2) is 121 Å². The number of fused-ring (bicyclic) bond motifs is 8. The topological polar surface area (TPSA) is 48.8 Å². The van der Waals surface area contributed by atoms with Gasteiger partial charge in [-0.05, 0) is 206 Å². The van der Waals surface area contributed by atoms with Crippen LogP contribution in [-0.2, 0) is 25.7 Å². The molecule has 60 heavy (non-hydrogen) atoms. The van der Waals surface area contributed by atoms with Crippen LogP contribution in [0.4, 0.5) is 0 Å². The number of hydrogen-bond acceptors (Lipinski definition) is 2. The summed E-state index contributed by atoms with van der Waals surface area (Å²) in [7, 11) is 0. The summed E-state index contributed by atoms with van der Waals surface area (Å²) in [4.78, 5) is 4.69.